The van der Waals surface area contributed by atoms with Gasteiger partial charge < -0.3 is 9.88 Å². The minimum Gasteiger partial charge on any atom is -0.371 e. The molecule has 1 atom stereocenters. The SMILES string of the molecule is Cc1cc2ccccc2n1-c1cn(C)c(C(Nc2c(C(C)C)cccc2C(C)C)c2c(C(C)C)cc(C(C)C)cc2C(C)C)n1. The first kappa shape index (κ1) is 32.6. The van der Waals surface area contributed by atoms with Crippen LogP contribution in [0, 0.1) is 6.92 Å². The Morgan fingerprint density at radius 2 is 1.20 bits per heavy atom. The smallest absolute Gasteiger partial charge is 0.155 e. The van der Waals surface area contributed by atoms with Crippen molar-refractivity contribution in [2.75, 3.05) is 5.32 Å². The standard InChI is InChI=1S/C41H54N4/c1-24(2)31-21-34(27(7)8)38(35(22-31)28(9)10)40(43-39-32(25(3)4)17-15-18-33(39)26(5)6)41-42-37(23-44(41)12)45-29(11)20-30-16-13-14-19-36(30)45/h13-28,40,43H,1-12H3. The van der Waals surface area contributed by atoms with Gasteiger partial charge in [-0.1, -0.05) is 118 Å². The van der Waals surface area contributed by atoms with Crippen LogP contribution in [-0.4, -0.2) is 14.1 Å². The summed E-state index contributed by atoms with van der Waals surface area (Å²) in [6, 6.07) is 22.5. The summed E-state index contributed by atoms with van der Waals surface area (Å²) < 4.78 is 4.55. The molecule has 0 saturated carbocycles. The monoisotopic (exact) mass is 602 g/mol. The van der Waals surface area contributed by atoms with Crippen LogP contribution >= 0.6 is 0 Å². The highest BCUT2D eigenvalue weighted by Crippen LogP contribution is 2.42. The van der Waals surface area contributed by atoms with E-state index in [9.17, 15) is 0 Å². The molecule has 0 fully saturated rings. The molecule has 4 nitrogen and oxygen atoms in total. The molecule has 2 heterocycles. The van der Waals surface area contributed by atoms with Gasteiger partial charge in [0.05, 0.1) is 5.52 Å². The Bertz CT molecular complexity index is 1740. The molecule has 3 aromatic carbocycles. The third kappa shape index (κ3) is 6.21. The number of fused-ring (bicyclic) bond motifs is 1. The molecule has 5 rings (SSSR count). The van der Waals surface area contributed by atoms with E-state index in [2.05, 4.69) is 165 Å². The van der Waals surface area contributed by atoms with E-state index in [1.54, 1.807) is 0 Å². The number of imidazole rings is 1. The fourth-order valence-corrected chi connectivity index (χ4v) is 6.91. The molecule has 0 aliphatic carbocycles. The van der Waals surface area contributed by atoms with Gasteiger partial charge in [0.25, 0.3) is 0 Å². The maximum absolute atomic E-state index is 5.51. The van der Waals surface area contributed by atoms with Crippen LogP contribution in [0.15, 0.2) is 66.9 Å². The van der Waals surface area contributed by atoms with Gasteiger partial charge in [0.15, 0.2) is 5.82 Å². The lowest BCUT2D eigenvalue weighted by Crippen LogP contribution is -2.23. The first-order valence-electron chi connectivity index (χ1n) is 17.0. The molecule has 4 heteroatoms. The molecule has 2 aromatic heterocycles. The summed E-state index contributed by atoms with van der Waals surface area (Å²) in [6.07, 6.45) is 2.20. The van der Waals surface area contributed by atoms with Crippen molar-refractivity contribution in [3.05, 3.63) is 112 Å². The summed E-state index contributed by atoms with van der Waals surface area (Å²) >= 11 is 0. The van der Waals surface area contributed by atoms with Crippen molar-refractivity contribution in [3.8, 4) is 5.82 Å². The van der Waals surface area contributed by atoms with Crippen molar-refractivity contribution < 1.29 is 0 Å². The van der Waals surface area contributed by atoms with E-state index in [1.165, 1.54) is 55.7 Å². The molecule has 0 bridgehead atoms. The summed E-state index contributed by atoms with van der Waals surface area (Å²) in [4.78, 5) is 5.51. The zero-order chi connectivity index (χ0) is 32.7. The number of aryl methyl sites for hydroxylation is 2. The van der Waals surface area contributed by atoms with E-state index in [4.69, 9.17) is 4.98 Å². The van der Waals surface area contributed by atoms with Gasteiger partial charge in [-0.25, -0.2) is 4.98 Å². The highest BCUT2D eigenvalue weighted by atomic mass is 15.2. The molecule has 5 aromatic rings. The molecule has 0 radical (unpaired) electrons. The highest BCUT2D eigenvalue weighted by molar-refractivity contribution is 5.83. The minimum absolute atomic E-state index is 0.140. The van der Waals surface area contributed by atoms with Gasteiger partial charge >= 0.3 is 0 Å². The summed E-state index contributed by atoms with van der Waals surface area (Å²) in [5.74, 6) is 3.93. The number of para-hydroxylation sites is 2. The van der Waals surface area contributed by atoms with Crippen molar-refractivity contribution in [1.82, 2.24) is 14.1 Å². The second-order valence-electron chi connectivity index (χ2n) is 14.5. The maximum atomic E-state index is 5.51. The lowest BCUT2D eigenvalue weighted by atomic mass is 9.81. The molecule has 0 amide bonds. The lowest BCUT2D eigenvalue weighted by molar-refractivity contribution is 0.700. The molecular weight excluding hydrogens is 548 g/mol. The van der Waals surface area contributed by atoms with Crippen molar-refractivity contribution >= 4 is 16.6 Å². The van der Waals surface area contributed by atoms with E-state index < -0.39 is 0 Å². The average molecular weight is 603 g/mol. The van der Waals surface area contributed by atoms with Gasteiger partial charge in [-0.3, -0.25) is 4.57 Å². The molecule has 0 saturated heterocycles. The van der Waals surface area contributed by atoms with Crippen molar-refractivity contribution in [2.45, 2.75) is 112 Å². The number of aromatic nitrogens is 3. The van der Waals surface area contributed by atoms with Gasteiger partial charge in [0, 0.05) is 30.0 Å². The first-order valence-corrected chi connectivity index (χ1v) is 17.0. The van der Waals surface area contributed by atoms with Crippen LogP contribution in [0.2, 0.25) is 0 Å². The Morgan fingerprint density at radius 1 is 0.644 bits per heavy atom. The number of rotatable bonds is 10. The number of nitrogens with zero attached hydrogens (tertiary/aromatic N) is 3. The second-order valence-corrected chi connectivity index (χ2v) is 14.5. The predicted molar refractivity (Wildman–Crippen MR) is 194 cm³/mol. The van der Waals surface area contributed by atoms with E-state index in [-0.39, 0.29) is 6.04 Å². The first-order chi connectivity index (χ1) is 21.3. The third-order valence-corrected chi connectivity index (χ3v) is 9.41. The van der Waals surface area contributed by atoms with Gasteiger partial charge in [0.2, 0.25) is 0 Å². The normalized spacial score (nSPS) is 12.9. The van der Waals surface area contributed by atoms with Crippen LogP contribution in [0.1, 0.15) is 150 Å². The predicted octanol–water partition coefficient (Wildman–Crippen LogP) is 11.5. The van der Waals surface area contributed by atoms with E-state index in [1.807, 2.05) is 0 Å². The van der Waals surface area contributed by atoms with Crippen molar-refractivity contribution in [1.29, 1.82) is 0 Å². The zero-order valence-electron chi connectivity index (χ0n) is 29.7. The van der Waals surface area contributed by atoms with Crippen molar-refractivity contribution in [3.63, 3.8) is 0 Å². The lowest BCUT2D eigenvalue weighted by Gasteiger charge is -2.32. The topological polar surface area (TPSA) is 34.8 Å². The Hall–Kier alpha value is -3.79. The Kier molecular flexibility index (Phi) is 9.35. The summed E-state index contributed by atoms with van der Waals surface area (Å²) in [6.45, 7) is 25.3. The van der Waals surface area contributed by atoms with E-state index in [0.29, 0.717) is 29.6 Å². The molecule has 0 aliphatic heterocycles. The largest absolute Gasteiger partial charge is 0.371 e. The number of hydrogen-bond donors (Lipinski definition) is 1. The van der Waals surface area contributed by atoms with Crippen LogP contribution in [0.5, 0.6) is 0 Å². The summed E-state index contributed by atoms with van der Waals surface area (Å²) in [7, 11) is 2.16. The van der Waals surface area contributed by atoms with Gasteiger partial charge in [0.1, 0.15) is 11.9 Å². The van der Waals surface area contributed by atoms with Crippen LogP contribution in [0.25, 0.3) is 16.7 Å². The Balaban J connectivity index is 1.83. The van der Waals surface area contributed by atoms with Gasteiger partial charge in [-0.15, -0.1) is 0 Å². The number of anilines is 1. The molecule has 0 aliphatic rings. The molecule has 1 N–H and O–H groups in total. The average Bonchev–Trinajstić information content (AvgIpc) is 3.52. The second kappa shape index (κ2) is 12.9. The zero-order valence-corrected chi connectivity index (χ0v) is 29.7. The summed E-state index contributed by atoms with van der Waals surface area (Å²) in [5, 5.41) is 5.44. The maximum Gasteiger partial charge on any atom is 0.155 e. The quantitative estimate of drug-likeness (QED) is 0.173. The van der Waals surface area contributed by atoms with Crippen LogP contribution in [0.4, 0.5) is 5.69 Å². The Morgan fingerprint density at radius 3 is 1.73 bits per heavy atom. The number of hydrogen-bond acceptors (Lipinski definition) is 2. The number of nitrogens with one attached hydrogen (secondary N) is 1. The molecule has 1 unspecified atom stereocenters. The molecule has 238 valence electrons. The highest BCUT2D eigenvalue weighted by Gasteiger charge is 2.30. The minimum atomic E-state index is -0.140. The molecule has 0 spiro atoms. The van der Waals surface area contributed by atoms with Crippen LogP contribution in [-0.2, 0) is 7.05 Å². The van der Waals surface area contributed by atoms with E-state index in [0.717, 1.165) is 11.6 Å². The molecule has 45 heavy (non-hydrogen) atoms. The summed E-state index contributed by atoms with van der Waals surface area (Å²) in [5.41, 5.74) is 11.9. The van der Waals surface area contributed by atoms with Gasteiger partial charge in [-0.05, 0) is 82.0 Å². The Labute approximate surface area is 271 Å². The van der Waals surface area contributed by atoms with Gasteiger partial charge in [-0.2, -0.15) is 0 Å². The van der Waals surface area contributed by atoms with Crippen LogP contribution < -0.4 is 5.32 Å². The molecular formula is C41H54N4. The fraction of sp³-hybridized carbons (Fsp3) is 0.439. The van der Waals surface area contributed by atoms with Crippen molar-refractivity contribution in [2.24, 2.45) is 7.05 Å². The van der Waals surface area contributed by atoms with Crippen LogP contribution in [0.3, 0.4) is 0 Å². The van der Waals surface area contributed by atoms with E-state index >= 15 is 0 Å². The third-order valence-electron chi connectivity index (χ3n) is 9.41. The number of benzene rings is 3. The fourth-order valence-electron chi connectivity index (χ4n) is 6.91.